The van der Waals surface area contributed by atoms with Crippen LogP contribution in [0.1, 0.15) is 33.6 Å². The average molecular weight is 190 g/mol. The fourth-order valence-electron chi connectivity index (χ4n) is 1.39. The summed E-state index contributed by atoms with van der Waals surface area (Å²) in [6, 6.07) is 0. The Hall–Kier alpha value is 0.270. The zero-order chi connectivity index (χ0) is 9.19. The van der Waals surface area contributed by atoms with Gasteiger partial charge < -0.3 is 9.29 Å². The maximum atomic E-state index is 11.9. The van der Waals surface area contributed by atoms with Gasteiger partial charge in [-0.2, -0.15) is 0 Å². The zero-order valence-corrected chi connectivity index (χ0v) is 8.95. The summed E-state index contributed by atoms with van der Waals surface area (Å²) in [5.74, 6) is 0. The van der Waals surface area contributed by atoms with Gasteiger partial charge in [0.05, 0.1) is 13.2 Å². The smallest absolute Gasteiger partial charge is 0.120 e. The van der Waals surface area contributed by atoms with Crippen LogP contribution < -0.4 is 0 Å². The van der Waals surface area contributed by atoms with Crippen molar-refractivity contribution >= 4 is 11.2 Å². The van der Waals surface area contributed by atoms with E-state index in [9.17, 15) is 4.55 Å². The highest BCUT2D eigenvalue weighted by molar-refractivity contribution is 7.93. The van der Waals surface area contributed by atoms with Gasteiger partial charge in [0.15, 0.2) is 0 Å². The minimum atomic E-state index is -0.704. The van der Waals surface area contributed by atoms with Gasteiger partial charge in [0.2, 0.25) is 0 Å². The SMILES string of the molecule is CC(C)(C)[S+]([O-])C1CCOCC1. The van der Waals surface area contributed by atoms with Gasteiger partial charge in [-0.25, -0.2) is 0 Å². The molecule has 0 bridgehead atoms. The lowest BCUT2D eigenvalue weighted by Crippen LogP contribution is -2.40. The first-order valence-electron chi connectivity index (χ1n) is 4.50. The predicted molar refractivity (Wildman–Crippen MR) is 51.7 cm³/mol. The quantitative estimate of drug-likeness (QED) is 0.590. The molecule has 1 aliphatic heterocycles. The van der Waals surface area contributed by atoms with E-state index in [0.717, 1.165) is 26.1 Å². The second-order valence-electron chi connectivity index (χ2n) is 4.22. The second kappa shape index (κ2) is 3.99. The molecule has 1 saturated heterocycles. The van der Waals surface area contributed by atoms with Crippen molar-refractivity contribution in [1.29, 1.82) is 0 Å². The van der Waals surface area contributed by atoms with Gasteiger partial charge in [-0.1, -0.05) is 0 Å². The molecule has 0 aromatic heterocycles. The maximum Gasteiger partial charge on any atom is 0.120 e. The normalized spacial score (nSPS) is 24.0. The molecule has 1 unspecified atom stereocenters. The molecule has 1 rings (SSSR count). The summed E-state index contributed by atoms with van der Waals surface area (Å²) in [5, 5.41) is 0.360. The molecule has 1 aliphatic rings. The van der Waals surface area contributed by atoms with Gasteiger partial charge in [-0.15, -0.1) is 0 Å². The van der Waals surface area contributed by atoms with Crippen LogP contribution in [0.5, 0.6) is 0 Å². The van der Waals surface area contributed by atoms with E-state index in [1.165, 1.54) is 0 Å². The molecule has 0 aromatic carbocycles. The van der Waals surface area contributed by atoms with Gasteiger partial charge in [0.1, 0.15) is 10.00 Å². The molecular formula is C9H18O2S. The molecule has 12 heavy (non-hydrogen) atoms. The summed E-state index contributed by atoms with van der Waals surface area (Å²) in [4.78, 5) is 0. The Morgan fingerprint density at radius 1 is 1.25 bits per heavy atom. The third-order valence-electron chi connectivity index (χ3n) is 2.07. The van der Waals surface area contributed by atoms with Crippen LogP contribution in [-0.2, 0) is 15.9 Å². The number of ether oxygens (including phenoxy) is 1. The van der Waals surface area contributed by atoms with Crippen molar-refractivity contribution in [2.24, 2.45) is 0 Å². The average Bonchev–Trinajstić information content (AvgIpc) is 2.03. The first-order valence-corrected chi connectivity index (χ1v) is 5.71. The molecule has 0 radical (unpaired) electrons. The van der Waals surface area contributed by atoms with E-state index in [-0.39, 0.29) is 4.75 Å². The molecule has 0 aromatic rings. The summed E-state index contributed by atoms with van der Waals surface area (Å²) in [6.07, 6.45) is 1.92. The van der Waals surface area contributed by atoms with Crippen molar-refractivity contribution in [3.8, 4) is 0 Å². The maximum absolute atomic E-state index is 11.9. The first-order chi connectivity index (χ1) is 5.52. The van der Waals surface area contributed by atoms with Crippen molar-refractivity contribution < 1.29 is 9.29 Å². The molecule has 0 amide bonds. The van der Waals surface area contributed by atoms with Crippen molar-refractivity contribution in [1.82, 2.24) is 0 Å². The molecule has 1 atom stereocenters. The fourth-order valence-corrected chi connectivity index (χ4v) is 3.01. The lowest BCUT2D eigenvalue weighted by atomic mass is 10.2. The van der Waals surface area contributed by atoms with Gasteiger partial charge in [0.25, 0.3) is 0 Å². The van der Waals surface area contributed by atoms with E-state index in [1.807, 2.05) is 20.8 Å². The van der Waals surface area contributed by atoms with Crippen LogP contribution in [0.25, 0.3) is 0 Å². The van der Waals surface area contributed by atoms with Crippen molar-refractivity contribution in [2.45, 2.75) is 43.6 Å². The number of hydrogen-bond donors (Lipinski definition) is 0. The van der Waals surface area contributed by atoms with E-state index in [2.05, 4.69) is 0 Å². The Morgan fingerprint density at radius 2 is 1.75 bits per heavy atom. The minimum absolute atomic E-state index is 0.0675. The van der Waals surface area contributed by atoms with Crippen molar-refractivity contribution in [2.75, 3.05) is 13.2 Å². The van der Waals surface area contributed by atoms with Crippen LogP contribution in [0.3, 0.4) is 0 Å². The molecule has 0 aliphatic carbocycles. The Balaban J connectivity index is 2.45. The van der Waals surface area contributed by atoms with Crippen LogP contribution in [-0.4, -0.2) is 27.8 Å². The van der Waals surface area contributed by atoms with Crippen LogP contribution >= 0.6 is 0 Å². The highest BCUT2D eigenvalue weighted by atomic mass is 32.2. The van der Waals surface area contributed by atoms with Gasteiger partial charge >= 0.3 is 0 Å². The van der Waals surface area contributed by atoms with Gasteiger partial charge in [0, 0.05) is 12.8 Å². The largest absolute Gasteiger partial charge is 0.616 e. The predicted octanol–water partition coefficient (Wildman–Crippen LogP) is 1.71. The molecule has 3 heteroatoms. The molecular weight excluding hydrogens is 172 g/mol. The van der Waals surface area contributed by atoms with Crippen molar-refractivity contribution in [3.63, 3.8) is 0 Å². The lowest BCUT2D eigenvalue weighted by Gasteiger charge is -2.33. The molecule has 0 saturated carbocycles. The molecule has 1 heterocycles. The van der Waals surface area contributed by atoms with Gasteiger partial charge in [-0.05, 0) is 31.9 Å². The number of hydrogen-bond acceptors (Lipinski definition) is 2. The number of rotatable bonds is 1. The molecule has 72 valence electrons. The second-order valence-corrected chi connectivity index (χ2v) is 6.71. The van der Waals surface area contributed by atoms with E-state index in [0.29, 0.717) is 5.25 Å². The summed E-state index contributed by atoms with van der Waals surface area (Å²) < 4.78 is 17.0. The molecule has 1 fully saturated rings. The Labute approximate surface area is 77.9 Å². The third kappa shape index (κ3) is 2.64. The minimum Gasteiger partial charge on any atom is -0.616 e. The fraction of sp³-hybridized carbons (Fsp3) is 1.00. The lowest BCUT2D eigenvalue weighted by molar-refractivity contribution is 0.0980. The molecule has 2 nitrogen and oxygen atoms in total. The summed E-state index contributed by atoms with van der Waals surface area (Å²) in [6.45, 7) is 7.69. The first kappa shape index (κ1) is 10.4. The van der Waals surface area contributed by atoms with E-state index in [4.69, 9.17) is 4.74 Å². The highest BCUT2D eigenvalue weighted by Gasteiger charge is 2.34. The van der Waals surface area contributed by atoms with Crippen LogP contribution in [0.4, 0.5) is 0 Å². The molecule has 0 spiro atoms. The highest BCUT2D eigenvalue weighted by Crippen LogP contribution is 2.26. The Bertz CT molecular complexity index is 136. The van der Waals surface area contributed by atoms with E-state index < -0.39 is 11.2 Å². The van der Waals surface area contributed by atoms with Crippen LogP contribution in [0, 0.1) is 0 Å². The zero-order valence-electron chi connectivity index (χ0n) is 8.13. The summed E-state index contributed by atoms with van der Waals surface area (Å²) in [5.41, 5.74) is 0. The van der Waals surface area contributed by atoms with Crippen LogP contribution in [0.15, 0.2) is 0 Å². The van der Waals surface area contributed by atoms with E-state index >= 15 is 0 Å². The Morgan fingerprint density at radius 3 is 2.17 bits per heavy atom. The monoisotopic (exact) mass is 190 g/mol. The summed E-state index contributed by atoms with van der Waals surface area (Å²) >= 11 is -0.704. The van der Waals surface area contributed by atoms with Gasteiger partial charge in [-0.3, -0.25) is 0 Å². The van der Waals surface area contributed by atoms with Crippen LogP contribution in [0.2, 0.25) is 0 Å². The summed E-state index contributed by atoms with van der Waals surface area (Å²) in [7, 11) is 0. The topological polar surface area (TPSA) is 32.3 Å². The third-order valence-corrected chi connectivity index (χ3v) is 4.36. The van der Waals surface area contributed by atoms with Crippen molar-refractivity contribution in [3.05, 3.63) is 0 Å². The molecule has 0 N–H and O–H groups in total. The van der Waals surface area contributed by atoms with E-state index in [1.54, 1.807) is 0 Å². The standard InChI is InChI=1S/C9H18O2S/c1-9(2,3)12(10)8-4-6-11-7-5-8/h8H,4-7H2,1-3H3. The Kier molecular flexibility index (Phi) is 3.44.